The second-order valence-corrected chi connectivity index (χ2v) is 9.41. The third-order valence-corrected chi connectivity index (χ3v) is 6.00. The molecule has 0 bridgehead atoms. The molecule has 3 rings (SSSR count). The van der Waals surface area contributed by atoms with Crippen LogP contribution in [0.2, 0.25) is 10.0 Å². The van der Waals surface area contributed by atoms with Gasteiger partial charge in [0.25, 0.3) is 5.91 Å². The van der Waals surface area contributed by atoms with Gasteiger partial charge in [-0.1, -0.05) is 60.9 Å². The van der Waals surface area contributed by atoms with Crippen LogP contribution in [-0.2, 0) is 12.3 Å². The summed E-state index contributed by atoms with van der Waals surface area (Å²) in [5, 5.41) is 10.8. The summed E-state index contributed by atoms with van der Waals surface area (Å²) in [5.74, 6) is 1.87. The van der Waals surface area contributed by atoms with Crippen molar-refractivity contribution in [1.29, 1.82) is 0 Å². The lowest BCUT2D eigenvalue weighted by molar-refractivity contribution is 0.0827. The summed E-state index contributed by atoms with van der Waals surface area (Å²) in [7, 11) is 3.50. The summed E-state index contributed by atoms with van der Waals surface area (Å²) in [5.41, 5.74) is 2.60. The number of hydrogen-bond acceptors (Lipinski definition) is 4. The normalized spacial score (nSPS) is 11.2. The minimum absolute atomic E-state index is 0.00429. The van der Waals surface area contributed by atoms with Crippen LogP contribution >= 0.6 is 35.0 Å². The van der Waals surface area contributed by atoms with Crippen LogP contribution in [-0.4, -0.2) is 39.7 Å². The number of carbonyl (C=O) groups excluding carboxylic acids is 1. The molecule has 3 aromatic rings. The van der Waals surface area contributed by atoms with Gasteiger partial charge in [0, 0.05) is 42.5 Å². The van der Waals surface area contributed by atoms with Gasteiger partial charge in [0.1, 0.15) is 0 Å². The van der Waals surface area contributed by atoms with Crippen molar-refractivity contribution in [2.75, 3.05) is 14.1 Å². The molecule has 0 aliphatic heterocycles. The van der Waals surface area contributed by atoms with E-state index in [1.807, 2.05) is 30.3 Å². The first-order chi connectivity index (χ1) is 14.3. The smallest absolute Gasteiger partial charge is 0.253 e. The molecule has 158 valence electrons. The lowest BCUT2D eigenvalue weighted by Gasteiger charge is -2.13. The summed E-state index contributed by atoms with van der Waals surface area (Å²) in [6.45, 7) is 5.09. The molecule has 1 amide bonds. The molecule has 2 aromatic carbocycles. The summed E-state index contributed by atoms with van der Waals surface area (Å²) in [6.07, 6.45) is 0. The molecule has 1 aromatic heterocycles. The third-order valence-electron chi connectivity index (χ3n) is 4.41. The van der Waals surface area contributed by atoms with Gasteiger partial charge in [0.15, 0.2) is 11.0 Å². The van der Waals surface area contributed by atoms with Crippen molar-refractivity contribution in [2.45, 2.75) is 31.3 Å². The maximum atomic E-state index is 12.0. The van der Waals surface area contributed by atoms with Crippen molar-refractivity contribution in [1.82, 2.24) is 19.7 Å². The zero-order chi connectivity index (χ0) is 21.8. The Morgan fingerprint density at radius 2 is 1.80 bits per heavy atom. The Morgan fingerprint density at radius 3 is 2.40 bits per heavy atom. The van der Waals surface area contributed by atoms with Gasteiger partial charge >= 0.3 is 0 Å². The second kappa shape index (κ2) is 9.86. The van der Waals surface area contributed by atoms with Crippen LogP contribution in [0, 0.1) is 5.92 Å². The standard InChI is InChI=1S/C22H24Cl2N4OS/c1-14(2)12-28-20(18-10-9-17(23)11-19(18)24)25-26-22(28)30-13-15-5-7-16(8-6-15)21(29)27(3)4/h5-11,14H,12-13H2,1-4H3. The molecule has 0 saturated heterocycles. The molecule has 0 unspecified atom stereocenters. The van der Waals surface area contributed by atoms with E-state index in [0.717, 1.165) is 34.4 Å². The van der Waals surface area contributed by atoms with Gasteiger partial charge in [-0.05, 0) is 41.8 Å². The molecule has 0 N–H and O–H groups in total. The van der Waals surface area contributed by atoms with Gasteiger partial charge in [0.2, 0.25) is 0 Å². The van der Waals surface area contributed by atoms with Crippen molar-refractivity contribution in [3.63, 3.8) is 0 Å². The number of amides is 1. The number of aromatic nitrogens is 3. The number of thioether (sulfide) groups is 1. The Kier molecular flexibility index (Phi) is 7.45. The molecule has 5 nitrogen and oxygen atoms in total. The van der Waals surface area contributed by atoms with Crippen molar-refractivity contribution >= 4 is 40.9 Å². The van der Waals surface area contributed by atoms with E-state index in [9.17, 15) is 4.79 Å². The maximum absolute atomic E-state index is 12.0. The van der Waals surface area contributed by atoms with E-state index >= 15 is 0 Å². The van der Waals surface area contributed by atoms with E-state index in [-0.39, 0.29) is 5.91 Å². The fourth-order valence-electron chi connectivity index (χ4n) is 2.94. The van der Waals surface area contributed by atoms with Gasteiger partial charge in [-0.3, -0.25) is 4.79 Å². The zero-order valence-corrected chi connectivity index (χ0v) is 19.7. The first-order valence-corrected chi connectivity index (χ1v) is 11.3. The SMILES string of the molecule is CC(C)Cn1c(SCc2ccc(C(=O)N(C)C)cc2)nnc1-c1ccc(Cl)cc1Cl. The fraction of sp³-hybridized carbons (Fsp3) is 0.318. The molecule has 0 saturated carbocycles. The molecule has 1 heterocycles. The predicted molar refractivity (Wildman–Crippen MR) is 124 cm³/mol. The van der Waals surface area contributed by atoms with Gasteiger partial charge in [-0.25, -0.2) is 0 Å². The molecular weight excluding hydrogens is 439 g/mol. The van der Waals surface area contributed by atoms with E-state index in [4.69, 9.17) is 23.2 Å². The molecular formula is C22H24Cl2N4OS. The van der Waals surface area contributed by atoms with Crippen LogP contribution in [0.3, 0.4) is 0 Å². The minimum atomic E-state index is -0.00429. The first kappa shape index (κ1) is 22.7. The van der Waals surface area contributed by atoms with Crippen molar-refractivity contribution in [3.05, 3.63) is 63.6 Å². The van der Waals surface area contributed by atoms with E-state index < -0.39 is 0 Å². The molecule has 8 heteroatoms. The summed E-state index contributed by atoms with van der Waals surface area (Å²) in [4.78, 5) is 13.6. The van der Waals surface area contributed by atoms with Gasteiger partial charge < -0.3 is 9.47 Å². The number of halogens is 2. The van der Waals surface area contributed by atoms with Gasteiger partial charge in [0.05, 0.1) is 5.02 Å². The molecule has 0 radical (unpaired) electrons. The number of hydrogen-bond donors (Lipinski definition) is 0. The summed E-state index contributed by atoms with van der Waals surface area (Å²) >= 11 is 14.1. The van der Waals surface area contributed by atoms with Crippen LogP contribution in [0.5, 0.6) is 0 Å². The average molecular weight is 463 g/mol. The predicted octanol–water partition coefficient (Wildman–Crippen LogP) is 5.90. The Labute approximate surface area is 191 Å². The lowest BCUT2D eigenvalue weighted by atomic mass is 10.1. The molecule has 0 spiro atoms. The van der Waals surface area contributed by atoms with E-state index in [2.05, 4.69) is 28.6 Å². The Morgan fingerprint density at radius 1 is 1.10 bits per heavy atom. The number of benzene rings is 2. The zero-order valence-electron chi connectivity index (χ0n) is 17.4. The third kappa shape index (κ3) is 5.36. The number of carbonyl (C=O) groups is 1. The van der Waals surface area contributed by atoms with Crippen molar-refractivity contribution in [3.8, 4) is 11.4 Å². The van der Waals surface area contributed by atoms with Crippen LogP contribution in [0.25, 0.3) is 11.4 Å². The molecule has 0 aliphatic rings. The quantitative estimate of drug-likeness (QED) is 0.410. The van der Waals surface area contributed by atoms with E-state index in [1.54, 1.807) is 42.9 Å². The molecule has 0 aliphatic carbocycles. The Bertz CT molecular complexity index is 1030. The van der Waals surface area contributed by atoms with E-state index in [0.29, 0.717) is 21.5 Å². The van der Waals surface area contributed by atoms with Crippen LogP contribution < -0.4 is 0 Å². The first-order valence-electron chi connectivity index (χ1n) is 9.58. The minimum Gasteiger partial charge on any atom is -0.345 e. The second-order valence-electron chi connectivity index (χ2n) is 7.62. The van der Waals surface area contributed by atoms with Crippen LogP contribution in [0.15, 0.2) is 47.6 Å². The number of rotatable bonds is 7. The summed E-state index contributed by atoms with van der Waals surface area (Å²) in [6, 6.07) is 13.1. The fourth-order valence-corrected chi connectivity index (χ4v) is 4.34. The Balaban J connectivity index is 1.82. The van der Waals surface area contributed by atoms with Crippen LogP contribution in [0.1, 0.15) is 29.8 Å². The molecule has 30 heavy (non-hydrogen) atoms. The van der Waals surface area contributed by atoms with Gasteiger partial charge in [-0.2, -0.15) is 0 Å². The molecule has 0 atom stereocenters. The largest absolute Gasteiger partial charge is 0.345 e. The maximum Gasteiger partial charge on any atom is 0.253 e. The molecule has 0 fully saturated rings. The Hall–Kier alpha value is -2.02. The summed E-state index contributed by atoms with van der Waals surface area (Å²) < 4.78 is 2.11. The number of nitrogens with zero attached hydrogens (tertiary/aromatic N) is 4. The highest BCUT2D eigenvalue weighted by Crippen LogP contribution is 2.32. The average Bonchev–Trinajstić information content (AvgIpc) is 3.07. The highest BCUT2D eigenvalue weighted by molar-refractivity contribution is 7.98. The van der Waals surface area contributed by atoms with Crippen LogP contribution in [0.4, 0.5) is 0 Å². The topological polar surface area (TPSA) is 51.0 Å². The highest BCUT2D eigenvalue weighted by Gasteiger charge is 2.18. The van der Waals surface area contributed by atoms with Crippen molar-refractivity contribution in [2.24, 2.45) is 5.92 Å². The van der Waals surface area contributed by atoms with E-state index in [1.165, 1.54) is 0 Å². The highest BCUT2D eigenvalue weighted by atomic mass is 35.5. The van der Waals surface area contributed by atoms with Gasteiger partial charge in [-0.15, -0.1) is 10.2 Å². The monoisotopic (exact) mass is 462 g/mol. The lowest BCUT2D eigenvalue weighted by Crippen LogP contribution is -2.21. The van der Waals surface area contributed by atoms with Crippen molar-refractivity contribution < 1.29 is 4.79 Å².